The second-order valence-electron chi connectivity index (χ2n) is 4.61. The normalized spacial score (nSPS) is 34.9. The predicted octanol–water partition coefficient (Wildman–Crippen LogP) is 2.30. The highest BCUT2D eigenvalue weighted by Gasteiger charge is 2.34. The van der Waals surface area contributed by atoms with Crippen LogP contribution in [0.2, 0.25) is 0 Å². The maximum absolute atomic E-state index is 9.99. The van der Waals surface area contributed by atoms with Gasteiger partial charge in [0.05, 0.1) is 17.5 Å². The van der Waals surface area contributed by atoms with Crippen molar-refractivity contribution in [1.29, 1.82) is 0 Å². The van der Waals surface area contributed by atoms with Gasteiger partial charge in [0.25, 0.3) is 0 Å². The third kappa shape index (κ3) is 2.78. The lowest BCUT2D eigenvalue weighted by atomic mass is 9.86. The van der Waals surface area contributed by atoms with E-state index in [9.17, 15) is 10.2 Å². The molecule has 2 nitrogen and oxygen atoms in total. The molecule has 0 aliphatic heterocycles. The Hall–Kier alpha value is -0.510. The molecule has 0 spiro atoms. The second-order valence-corrected chi connectivity index (χ2v) is 5.86. The lowest BCUT2D eigenvalue weighted by molar-refractivity contribution is 0.0262. The summed E-state index contributed by atoms with van der Waals surface area (Å²) in [6.07, 6.45) is 0.788. The van der Waals surface area contributed by atoms with Crippen LogP contribution >= 0.6 is 11.8 Å². The maximum Gasteiger partial charge on any atom is 0.0689 e. The zero-order valence-corrected chi connectivity index (χ0v) is 10.2. The SMILES string of the molecule is CC1C[C@@H](O)C(Sc2ccccc2)[C@H](O)C1. The van der Waals surface area contributed by atoms with Crippen LogP contribution in [0.1, 0.15) is 19.8 Å². The molecular weight excluding hydrogens is 220 g/mol. The van der Waals surface area contributed by atoms with Gasteiger partial charge >= 0.3 is 0 Å². The van der Waals surface area contributed by atoms with Gasteiger partial charge in [0, 0.05) is 4.90 Å². The van der Waals surface area contributed by atoms with E-state index in [0.717, 1.165) is 17.7 Å². The summed E-state index contributed by atoms with van der Waals surface area (Å²) in [6, 6.07) is 9.96. The number of aliphatic hydroxyl groups is 2. The number of hydrogen-bond acceptors (Lipinski definition) is 3. The van der Waals surface area contributed by atoms with Crippen molar-refractivity contribution in [2.75, 3.05) is 0 Å². The molecule has 1 aliphatic rings. The summed E-state index contributed by atoms with van der Waals surface area (Å²) < 4.78 is 0. The molecular formula is C13H18O2S. The van der Waals surface area contributed by atoms with Crippen molar-refractivity contribution in [3.05, 3.63) is 30.3 Å². The third-order valence-electron chi connectivity index (χ3n) is 3.06. The molecule has 1 fully saturated rings. The van der Waals surface area contributed by atoms with E-state index in [2.05, 4.69) is 6.92 Å². The van der Waals surface area contributed by atoms with Gasteiger partial charge in [-0.05, 0) is 30.9 Å². The highest BCUT2D eigenvalue weighted by atomic mass is 32.2. The quantitative estimate of drug-likeness (QED) is 0.830. The summed E-state index contributed by atoms with van der Waals surface area (Å²) in [5, 5.41) is 19.9. The van der Waals surface area contributed by atoms with Crippen LogP contribution in [-0.2, 0) is 0 Å². The van der Waals surface area contributed by atoms with Crippen LogP contribution in [0.25, 0.3) is 0 Å². The first-order valence-electron chi connectivity index (χ1n) is 5.74. The Kier molecular flexibility index (Phi) is 3.90. The Morgan fingerprint density at radius 1 is 1.06 bits per heavy atom. The highest BCUT2D eigenvalue weighted by Crippen LogP contribution is 2.36. The van der Waals surface area contributed by atoms with Crippen molar-refractivity contribution in [3.8, 4) is 0 Å². The van der Waals surface area contributed by atoms with Crippen molar-refractivity contribution >= 4 is 11.8 Å². The average Bonchev–Trinajstić information content (AvgIpc) is 2.25. The lowest BCUT2D eigenvalue weighted by Crippen LogP contribution is -2.41. The minimum atomic E-state index is -0.399. The van der Waals surface area contributed by atoms with Crippen molar-refractivity contribution in [2.24, 2.45) is 5.92 Å². The van der Waals surface area contributed by atoms with Gasteiger partial charge in [-0.25, -0.2) is 0 Å². The fraction of sp³-hybridized carbons (Fsp3) is 0.538. The molecule has 0 aromatic heterocycles. The number of aliphatic hydroxyl groups excluding tert-OH is 2. The fourth-order valence-corrected chi connectivity index (χ4v) is 3.42. The molecule has 0 heterocycles. The van der Waals surface area contributed by atoms with E-state index in [1.165, 1.54) is 0 Å². The van der Waals surface area contributed by atoms with Gasteiger partial charge in [-0.2, -0.15) is 0 Å². The summed E-state index contributed by atoms with van der Waals surface area (Å²) in [7, 11) is 0. The second kappa shape index (κ2) is 5.21. The van der Waals surface area contributed by atoms with Gasteiger partial charge < -0.3 is 10.2 Å². The minimum Gasteiger partial charge on any atom is -0.392 e. The van der Waals surface area contributed by atoms with E-state index in [1.807, 2.05) is 30.3 Å². The maximum atomic E-state index is 9.99. The third-order valence-corrected chi connectivity index (χ3v) is 4.51. The van der Waals surface area contributed by atoms with E-state index < -0.39 is 12.2 Å². The van der Waals surface area contributed by atoms with E-state index in [4.69, 9.17) is 0 Å². The molecule has 0 bridgehead atoms. The van der Waals surface area contributed by atoms with Gasteiger partial charge in [0.2, 0.25) is 0 Å². The van der Waals surface area contributed by atoms with E-state index >= 15 is 0 Å². The van der Waals surface area contributed by atoms with Crippen molar-refractivity contribution < 1.29 is 10.2 Å². The molecule has 1 saturated carbocycles. The molecule has 1 aliphatic carbocycles. The van der Waals surface area contributed by atoms with E-state index in [0.29, 0.717) is 5.92 Å². The summed E-state index contributed by atoms with van der Waals surface area (Å²) >= 11 is 1.58. The van der Waals surface area contributed by atoms with Gasteiger partial charge in [-0.3, -0.25) is 0 Å². The van der Waals surface area contributed by atoms with Gasteiger partial charge in [-0.1, -0.05) is 25.1 Å². The largest absolute Gasteiger partial charge is 0.392 e. The molecule has 0 amide bonds. The number of hydrogen-bond donors (Lipinski definition) is 2. The average molecular weight is 238 g/mol. The Bertz CT molecular complexity index is 316. The Balaban J connectivity index is 2.03. The molecule has 16 heavy (non-hydrogen) atoms. The Morgan fingerprint density at radius 3 is 2.19 bits per heavy atom. The van der Waals surface area contributed by atoms with Crippen LogP contribution in [0.15, 0.2) is 35.2 Å². The summed E-state index contributed by atoms with van der Waals surface area (Å²) in [5.74, 6) is 0.414. The van der Waals surface area contributed by atoms with Crippen molar-refractivity contribution in [1.82, 2.24) is 0 Å². The number of thioether (sulfide) groups is 1. The van der Waals surface area contributed by atoms with Crippen LogP contribution in [0.5, 0.6) is 0 Å². The van der Waals surface area contributed by atoms with Gasteiger partial charge in [-0.15, -0.1) is 11.8 Å². The van der Waals surface area contributed by atoms with Crippen LogP contribution < -0.4 is 0 Å². The molecule has 2 rings (SSSR count). The molecule has 1 aromatic rings. The number of benzene rings is 1. The molecule has 0 saturated heterocycles. The van der Waals surface area contributed by atoms with E-state index in [1.54, 1.807) is 11.8 Å². The zero-order valence-electron chi connectivity index (χ0n) is 9.41. The summed E-state index contributed by atoms with van der Waals surface area (Å²) in [5.41, 5.74) is 0. The van der Waals surface area contributed by atoms with Crippen LogP contribution in [0.4, 0.5) is 0 Å². The first-order chi connectivity index (χ1) is 7.66. The topological polar surface area (TPSA) is 40.5 Å². The number of rotatable bonds is 2. The predicted molar refractivity (Wildman–Crippen MR) is 66.5 cm³/mol. The molecule has 1 aromatic carbocycles. The van der Waals surface area contributed by atoms with E-state index in [-0.39, 0.29) is 5.25 Å². The van der Waals surface area contributed by atoms with Crippen LogP contribution in [0.3, 0.4) is 0 Å². The van der Waals surface area contributed by atoms with Gasteiger partial charge in [0.1, 0.15) is 0 Å². The van der Waals surface area contributed by atoms with Crippen LogP contribution in [0, 0.1) is 5.92 Å². The van der Waals surface area contributed by atoms with Gasteiger partial charge in [0.15, 0.2) is 0 Å². The summed E-state index contributed by atoms with van der Waals surface area (Å²) in [4.78, 5) is 1.11. The standard InChI is InChI=1S/C13H18O2S/c1-9-7-11(14)13(12(15)8-9)16-10-5-3-2-4-6-10/h2-6,9,11-15H,7-8H2,1H3/t9?,11-,12-,13?/m1/s1. The smallest absolute Gasteiger partial charge is 0.0689 e. The molecule has 88 valence electrons. The molecule has 2 atom stereocenters. The molecule has 0 unspecified atom stereocenters. The van der Waals surface area contributed by atoms with Crippen molar-refractivity contribution in [2.45, 2.75) is 42.1 Å². The fourth-order valence-electron chi connectivity index (χ4n) is 2.26. The van der Waals surface area contributed by atoms with Crippen molar-refractivity contribution in [3.63, 3.8) is 0 Å². The highest BCUT2D eigenvalue weighted by molar-refractivity contribution is 8.00. The summed E-state index contributed by atoms with van der Waals surface area (Å²) in [6.45, 7) is 2.08. The lowest BCUT2D eigenvalue weighted by Gasteiger charge is -2.35. The zero-order chi connectivity index (χ0) is 11.5. The minimum absolute atomic E-state index is 0.0846. The Morgan fingerprint density at radius 2 is 1.62 bits per heavy atom. The monoisotopic (exact) mass is 238 g/mol. The van der Waals surface area contributed by atoms with Crippen LogP contribution in [-0.4, -0.2) is 27.7 Å². The molecule has 3 heteroatoms. The first kappa shape index (κ1) is 12.0. The Labute approximate surface area is 101 Å². The molecule has 2 N–H and O–H groups in total. The first-order valence-corrected chi connectivity index (χ1v) is 6.62. The molecule has 0 radical (unpaired) electrons.